The molecule has 0 fully saturated rings. The summed E-state index contributed by atoms with van der Waals surface area (Å²) in [5.74, 6) is 0.228. The van der Waals surface area contributed by atoms with Crippen molar-refractivity contribution in [3.63, 3.8) is 0 Å². The fraction of sp³-hybridized carbons (Fsp3) is 0.158. The SMILES string of the molecule is COc1ccc(NC(=O)CN(C)S(=O)(=O)c2cccc3cnccc23)cc1. The zero-order valence-electron chi connectivity index (χ0n) is 14.9. The van der Waals surface area contributed by atoms with Gasteiger partial charge in [-0.25, -0.2) is 8.42 Å². The minimum atomic E-state index is -3.84. The number of sulfonamides is 1. The number of pyridine rings is 1. The van der Waals surface area contributed by atoms with Gasteiger partial charge in [-0.2, -0.15) is 4.31 Å². The molecule has 0 atom stereocenters. The van der Waals surface area contributed by atoms with E-state index < -0.39 is 15.9 Å². The number of carbonyl (C=O) groups is 1. The predicted octanol–water partition coefficient (Wildman–Crippen LogP) is 2.50. The van der Waals surface area contributed by atoms with E-state index >= 15 is 0 Å². The number of carbonyl (C=O) groups excluding carboxylic acids is 1. The Morgan fingerprint density at radius 3 is 2.59 bits per heavy atom. The lowest BCUT2D eigenvalue weighted by atomic mass is 10.2. The number of likely N-dealkylation sites (N-methyl/N-ethyl adjacent to an activating group) is 1. The monoisotopic (exact) mass is 385 g/mol. The number of ether oxygens (including phenoxy) is 1. The topological polar surface area (TPSA) is 88.6 Å². The first-order valence-electron chi connectivity index (χ1n) is 8.15. The Bertz CT molecular complexity index is 1060. The second-order valence-electron chi connectivity index (χ2n) is 5.89. The molecule has 1 heterocycles. The molecule has 1 aromatic heterocycles. The second kappa shape index (κ2) is 7.73. The number of hydrogen-bond acceptors (Lipinski definition) is 5. The van der Waals surface area contributed by atoms with Gasteiger partial charge < -0.3 is 10.1 Å². The lowest BCUT2D eigenvalue weighted by molar-refractivity contribution is -0.116. The molecule has 27 heavy (non-hydrogen) atoms. The summed E-state index contributed by atoms with van der Waals surface area (Å²) in [4.78, 5) is 16.4. The molecule has 2 aromatic carbocycles. The minimum Gasteiger partial charge on any atom is -0.497 e. The van der Waals surface area contributed by atoms with Gasteiger partial charge in [-0.3, -0.25) is 9.78 Å². The predicted molar refractivity (Wildman–Crippen MR) is 103 cm³/mol. The zero-order valence-corrected chi connectivity index (χ0v) is 15.7. The molecule has 0 aliphatic carbocycles. The van der Waals surface area contributed by atoms with Crippen LogP contribution in [0.3, 0.4) is 0 Å². The summed E-state index contributed by atoms with van der Waals surface area (Å²) in [7, 11) is -0.909. The van der Waals surface area contributed by atoms with Crippen molar-refractivity contribution in [1.29, 1.82) is 0 Å². The Morgan fingerprint density at radius 2 is 1.89 bits per heavy atom. The van der Waals surface area contributed by atoms with E-state index in [9.17, 15) is 13.2 Å². The number of nitrogens with zero attached hydrogens (tertiary/aromatic N) is 2. The molecule has 7 nitrogen and oxygen atoms in total. The fourth-order valence-corrected chi connectivity index (χ4v) is 3.99. The number of hydrogen-bond donors (Lipinski definition) is 1. The second-order valence-corrected chi connectivity index (χ2v) is 7.90. The molecule has 1 N–H and O–H groups in total. The maximum absolute atomic E-state index is 12.9. The van der Waals surface area contributed by atoms with Gasteiger partial charge in [-0.05, 0) is 36.4 Å². The van der Waals surface area contributed by atoms with Gasteiger partial charge >= 0.3 is 0 Å². The Morgan fingerprint density at radius 1 is 1.15 bits per heavy atom. The van der Waals surface area contributed by atoms with E-state index in [-0.39, 0.29) is 11.4 Å². The number of anilines is 1. The van der Waals surface area contributed by atoms with Crippen molar-refractivity contribution in [2.45, 2.75) is 4.90 Å². The van der Waals surface area contributed by atoms with E-state index in [1.165, 1.54) is 19.3 Å². The maximum Gasteiger partial charge on any atom is 0.243 e. The van der Waals surface area contributed by atoms with Crippen LogP contribution in [0.25, 0.3) is 10.8 Å². The highest BCUT2D eigenvalue weighted by atomic mass is 32.2. The lowest BCUT2D eigenvalue weighted by Crippen LogP contribution is -2.35. The summed E-state index contributed by atoms with van der Waals surface area (Å²) in [6.45, 7) is -0.310. The minimum absolute atomic E-state index is 0.141. The van der Waals surface area contributed by atoms with Gasteiger partial charge in [0.2, 0.25) is 15.9 Å². The van der Waals surface area contributed by atoms with Crippen LogP contribution in [0, 0.1) is 0 Å². The Labute approximate surface area is 157 Å². The maximum atomic E-state index is 12.9. The van der Waals surface area contributed by atoms with Gasteiger partial charge in [0.1, 0.15) is 5.75 Å². The molecule has 8 heteroatoms. The molecule has 0 radical (unpaired) electrons. The van der Waals surface area contributed by atoms with E-state index in [0.717, 1.165) is 9.69 Å². The molecule has 0 aliphatic rings. The molecule has 1 amide bonds. The largest absolute Gasteiger partial charge is 0.497 e. The average Bonchev–Trinajstić information content (AvgIpc) is 2.68. The van der Waals surface area contributed by atoms with E-state index in [4.69, 9.17) is 4.74 Å². The average molecular weight is 385 g/mol. The number of fused-ring (bicyclic) bond motifs is 1. The third kappa shape index (κ3) is 4.07. The van der Waals surface area contributed by atoms with Gasteiger partial charge in [0.15, 0.2) is 0 Å². The number of aromatic nitrogens is 1. The van der Waals surface area contributed by atoms with Crippen LogP contribution < -0.4 is 10.1 Å². The van der Waals surface area contributed by atoms with Crippen molar-refractivity contribution in [3.05, 3.63) is 60.9 Å². The Kier molecular flexibility index (Phi) is 5.38. The molecule has 0 bridgehead atoms. The Hall–Kier alpha value is -2.97. The molecule has 140 valence electrons. The number of methoxy groups -OCH3 is 1. The first-order chi connectivity index (χ1) is 12.9. The van der Waals surface area contributed by atoms with Crippen molar-refractivity contribution in [2.24, 2.45) is 0 Å². The number of nitrogens with one attached hydrogen (secondary N) is 1. The van der Waals surface area contributed by atoms with Gasteiger partial charge in [0.05, 0.1) is 18.6 Å². The molecular formula is C19H19N3O4S. The van der Waals surface area contributed by atoms with Crippen molar-refractivity contribution in [2.75, 3.05) is 26.0 Å². The zero-order chi connectivity index (χ0) is 19.4. The summed E-state index contributed by atoms with van der Waals surface area (Å²) >= 11 is 0. The quantitative estimate of drug-likeness (QED) is 0.704. The van der Waals surface area contributed by atoms with E-state index in [1.54, 1.807) is 55.8 Å². The van der Waals surface area contributed by atoms with Gasteiger partial charge in [0, 0.05) is 35.9 Å². The van der Waals surface area contributed by atoms with Crippen LogP contribution in [-0.2, 0) is 14.8 Å². The van der Waals surface area contributed by atoms with Crippen molar-refractivity contribution in [1.82, 2.24) is 9.29 Å². The standard InChI is InChI=1S/C19H19N3O4S/c1-22(13-19(23)21-15-6-8-16(26-2)9-7-15)27(24,25)18-5-3-4-14-12-20-11-10-17(14)18/h3-12H,13H2,1-2H3,(H,21,23). The third-order valence-electron chi connectivity index (χ3n) is 4.07. The molecule has 0 unspecified atom stereocenters. The van der Waals surface area contributed by atoms with Crippen LogP contribution in [-0.4, -0.2) is 44.3 Å². The highest BCUT2D eigenvalue weighted by molar-refractivity contribution is 7.89. The first kappa shape index (κ1) is 18.8. The number of amides is 1. The van der Waals surface area contributed by atoms with Crippen molar-refractivity contribution in [3.8, 4) is 5.75 Å². The summed E-state index contributed by atoms with van der Waals surface area (Å²) < 4.78 is 31.9. The Balaban J connectivity index is 1.77. The smallest absolute Gasteiger partial charge is 0.243 e. The molecule has 0 saturated heterocycles. The first-order valence-corrected chi connectivity index (χ1v) is 9.59. The summed E-state index contributed by atoms with van der Waals surface area (Å²) in [5, 5.41) is 3.96. The van der Waals surface area contributed by atoms with Gasteiger partial charge in [0.25, 0.3) is 0 Å². The molecular weight excluding hydrogens is 366 g/mol. The highest BCUT2D eigenvalue weighted by Crippen LogP contribution is 2.24. The molecule has 0 spiro atoms. The fourth-order valence-electron chi connectivity index (χ4n) is 2.65. The molecule has 0 saturated carbocycles. The third-order valence-corrected chi connectivity index (χ3v) is 5.93. The van der Waals surface area contributed by atoms with E-state index in [2.05, 4.69) is 10.3 Å². The summed E-state index contributed by atoms with van der Waals surface area (Å²) in [6.07, 6.45) is 3.14. The van der Waals surface area contributed by atoms with Gasteiger partial charge in [-0.15, -0.1) is 0 Å². The van der Waals surface area contributed by atoms with Crippen LogP contribution in [0.1, 0.15) is 0 Å². The normalized spacial score (nSPS) is 11.5. The van der Waals surface area contributed by atoms with Crippen LogP contribution in [0.2, 0.25) is 0 Å². The van der Waals surface area contributed by atoms with E-state index in [1.807, 2.05) is 0 Å². The van der Waals surface area contributed by atoms with Crippen LogP contribution in [0.15, 0.2) is 65.8 Å². The highest BCUT2D eigenvalue weighted by Gasteiger charge is 2.24. The van der Waals surface area contributed by atoms with E-state index in [0.29, 0.717) is 16.8 Å². The summed E-state index contributed by atoms with van der Waals surface area (Å²) in [6, 6.07) is 13.4. The number of rotatable bonds is 6. The van der Waals surface area contributed by atoms with Crippen LogP contribution in [0.5, 0.6) is 5.75 Å². The molecule has 3 aromatic rings. The van der Waals surface area contributed by atoms with Gasteiger partial charge in [-0.1, -0.05) is 12.1 Å². The van der Waals surface area contributed by atoms with Crippen molar-refractivity contribution < 1.29 is 17.9 Å². The summed E-state index contributed by atoms with van der Waals surface area (Å²) in [5.41, 5.74) is 0.558. The molecule has 3 rings (SSSR count). The lowest BCUT2D eigenvalue weighted by Gasteiger charge is -2.18. The molecule has 0 aliphatic heterocycles. The van der Waals surface area contributed by atoms with Crippen LogP contribution >= 0.6 is 0 Å². The van der Waals surface area contributed by atoms with Crippen molar-refractivity contribution >= 4 is 32.4 Å². The van der Waals surface area contributed by atoms with Crippen LogP contribution in [0.4, 0.5) is 5.69 Å². The number of benzene rings is 2.